The molecule has 1 unspecified atom stereocenters. The highest BCUT2D eigenvalue weighted by atomic mass is 79.9. The van der Waals surface area contributed by atoms with Crippen molar-refractivity contribution >= 4 is 21.7 Å². The van der Waals surface area contributed by atoms with E-state index in [1.54, 1.807) is 0 Å². The number of Topliss-reactive ketones (excluding diaryl/α,β-unsaturated/α-hetero) is 1. The number of ether oxygens (including phenoxy) is 1. The van der Waals surface area contributed by atoms with Gasteiger partial charge >= 0.3 is 0 Å². The van der Waals surface area contributed by atoms with Gasteiger partial charge in [-0.15, -0.1) is 0 Å². The van der Waals surface area contributed by atoms with Gasteiger partial charge in [-0.05, 0) is 18.9 Å². The number of hydrogen-bond donors (Lipinski definition) is 0. The van der Waals surface area contributed by atoms with Crippen molar-refractivity contribution in [1.29, 1.82) is 0 Å². The SMILES string of the molecule is O=C(CC1CCCO1)c1ccccc1Br. The van der Waals surface area contributed by atoms with Crippen LogP contribution in [0.1, 0.15) is 29.6 Å². The summed E-state index contributed by atoms with van der Waals surface area (Å²) in [6.07, 6.45) is 2.72. The van der Waals surface area contributed by atoms with E-state index in [2.05, 4.69) is 15.9 Å². The maximum Gasteiger partial charge on any atom is 0.166 e. The van der Waals surface area contributed by atoms with Gasteiger partial charge < -0.3 is 4.74 Å². The molecule has 1 heterocycles. The normalized spacial score (nSPS) is 20.5. The molecule has 1 aliphatic heterocycles. The first kappa shape index (κ1) is 10.8. The Morgan fingerprint density at radius 1 is 1.47 bits per heavy atom. The van der Waals surface area contributed by atoms with Gasteiger partial charge in [0.25, 0.3) is 0 Å². The monoisotopic (exact) mass is 268 g/mol. The van der Waals surface area contributed by atoms with Crippen molar-refractivity contribution < 1.29 is 9.53 Å². The van der Waals surface area contributed by atoms with E-state index in [-0.39, 0.29) is 11.9 Å². The molecule has 1 saturated heterocycles. The second kappa shape index (κ2) is 4.90. The first-order valence-corrected chi connectivity index (χ1v) is 5.96. The fourth-order valence-electron chi connectivity index (χ4n) is 1.81. The number of halogens is 1. The van der Waals surface area contributed by atoms with Crippen molar-refractivity contribution in [1.82, 2.24) is 0 Å². The first-order valence-electron chi connectivity index (χ1n) is 5.16. The highest BCUT2D eigenvalue weighted by molar-refractivity contribution is 9.10. The molecular weight excluding hydrogens is 256 g/mol. The van der Waals surface area contributed by atoms with Crippen LogP contribution in [0, 0.1) is 0 Å². The molecule has 0 saturated carbocycles. The zero-order chi connectivity index (χ0) is 10.7. The lowest BCUT2D eigenvalue weighted by molar-refractivity contribution is 0.0775. The number of hydrogen-bond acceptors (Lipinski definition) is 2. The van der Waals surface area contributed by atoms with Crippen LogP contribution in [0.15, 0.2) is 28.7 Å². The number of ketones is 1. The van der Waals surface area contributed by atoms with Crippen molar-refractivity contribution in [2.45, 2.75) is 25.4 Å². The van der Waals surface area contributed by atoms with E-state index in [9.17, 15) is 4.79 Å². The zero-order valence-corrected chi connectivity index (χ0v) is 10.00. The van der Waals surface area contributed by atoms with E-state index in [1.807, 2.05) is 24.3 Å². The molecule has 0 amide bonds. The standard InChI is InChI=1S/C12H13BrO2/c13-11-6-2-1-5-10(11)12(14)8-9-4-3-7-15-9/h1-2,5-6,9H,3-4,7-8H2. The van der Waals surface area contributed by atoms with E-state index in [1.165, 1.54) is 0 Å². The van der Waals surface area contributed by atoms with Crippen molar-refractivity contribution in [3.8, 4) is 0 Å². The van der Waals surface area contributed by atoms with Crippen LogP contribution in [-0.2, 0) is 4.74 Å². The molecule has 1 aromatic rings. The lowest BCUT2D eigenvalue weighted by Gasteiger charge is -2.08. The third-order valence-electron chi connectivity index (χ3n) is 2.61. The van der Waals surface area contributed by atoms with Gasteiger partial charge in [0.2, 0.25) is 0 Å². The summed E-state index contributed by atoms with van der Waals surface area (Å²) >= 11 is 3.38. The van der Waals surface area contributed by atoms with E-state index < -0.39 is 0 Å². The number of benzene rings is 1. The molecule has 15 heavy (non-hydrogen) atoms. The molecule has 0 aromatic heterocycles. The maximum atomic E-state index is 11.9. The summed E-state index contributed by atoms with van der Waals surface area (Å²) in [5.74, 6) is 0.161. The third kappa shape index (κ3) is 2.67. The summed E-state index contributed by atoms with van der Waals surface area (Å²) in [7, 11) is 0. The molecular formula is C12H13BrO2. The van der Waals surface area contributed by atoms with Crippen LogP contribution in [-0.4, -0.2) is 18.5 Å². The van der Waals surface area contributed by atoms with E-state index in [4.69, 9.17) is 4.74 Å². The second-order valence-corrected chi connectivity index (χ2v) is 4.60. The Labute approximate surface area is 97.8 Å². The summed E-state index contributed by atoms with van der Waals surface area (Å²) in [5.41, 5.74) is 0.757. The van der Waals surface area contributed by atoms with Gasteiger partial charge in [-0.3, -0.25) is 4.79 Å². The van der Waals surface area contributed by atoms with Crippen LogP contribution in [0.2, 0.25) is 0 Å². The van der Waals surface area contributed by atoms with Crippen LogP contribution >= 0.6 is 15.9 Å². The van der Waals surface area contributed by atoms with Gasteiger partial charge in [0, 0.05) is 23.1 Å². The average molecular weight is 269 g/mol. The minimum absolute atomic E-state index is 0.129. The van der Waals surface area contributed by atoms with Crippen LogP contribution in [0.3, 0.4) is 0 Å². The average Bonchev–Trinajstić information content (AvgIpc) is 2.71. The Balaban J connectivity index is 2.04. The molecule has 2 rings (SSSR count). The van der Waals surface area contributed by atoms with Crippen LogP contribution in [0.4, 0.5) is 0 Å². The number of carbonyl (C=O) groups is 1. The van der Waals surface area contributed by atoms with Crippen LogP contribution in [0.25, 0.3) is 0 Å². The molecule has 3 heteroatoms. The largest absolute Gasteiger partial charge is 0.378 e. The van der Waals surface area contributed by atoms with Crippen molar-refractivity contribution in [2.24, 2.45) is 0 Å². The van der Waals surface area contributed by atoms with E-state index >= 15 is 0 Å². The molecule has 2 nitrogen and oxygen atoms in total. The summed E-state index contributed by atoms with van der Waals surface area (Å²) in [4.78, 5) is 11.9. The Bertz CT molecular complexity index is 356. The second-order valence-electron chi connectivity index (χ2n) is 3.74. The number of rotatable bonds is 3. The minimum atomic E-state index is 0.129. The maximum absolute atomic E-state index is 11.9. The molecule has 1 aliphatic rings. The zero-order valence-electron chi connectivity index (χ0n) is 8.41. The third-order valence-corrected chi connectivity index (χ3v) is 3.30. The van der Waals surface area contributed by atoms with Gasteiger partial charge in [-0.1, -0.05) is 34.1 Å². The minimum Gasteiger partial charge on any atom is -0.378 e. The predicted molar refractivity (Wildman–Crippen MR) is 62.1 cm³/mol. The lowest BCUT2D eigenvalue weighted by atomic mass is 10.0. The van der Waals surface area contributed by atoms with Gasteiger partial charge in [0.15, 0.2) is 5.78 Å². The summed E-state index contributed by atoms with van der Waals surface area (Å²) in [6.45, 7) is 0.800. The highest BCUT2D eigenvalue weighted by Crippen LogP contribution is 2.22. The summed E-state index contributed by atoms with van der Waals surface area (Å²) in [5, 5.41) is 0. The topological polar surface area (TPSA) is 26.3 Å². The fraction of sp³-hybridized carbons (Fsp3) is 0.417. The Hall–Kier alpha value is -0.670. The summed E-state index contributed by atoms with van der Waals surface area (Å²) in [6, 6.07) is 7.53. The van der Waals surface area contributed by atoms with Gasteiger partial charge in [0.1, 0.15) is 0 Å². The lowest BCUT2D eigenvalue weighted by Crippen LogP contribution is -2.12. The molecule has 0 spiro atoms. The van der Waals surface area contributed by atoms with Crippen molar-refractivity contribution in [3.05, 3.63) is 34.3 Å². The molecule has 1 aromatic carbocycles. The van der Waals surface area contributed by atoms with E-state index in [0.717, 1.165) is 29.5 Å². The molecule has 80 valence electrons. The molecule has 0 bridgehead atoms. The Kier molecular flexibility index (Phi) is 3.54. The van der Waals surface area contributed by atoms with Crippen molar-refractivity contribution in [2.75, 3.05) is 6.61 Å². The number of carbonyl (C=O) groups excluding carboxylic acids is 1. The first-order chi connectivity index (χ1) is 7.27. The quantitative estimate of drug-likeness (QED) is 0.787. The van der Waals surface area contributed by atoms with Crippen LogP contribution < -0.4 is 0 Å². The molecule has 0 aliphatic carbocycles. The van der Waals surface area contributed by atoms with E-state index in [0.29, 0.717) is 6.42 Å². The molecule has 0 N–H and O–H groups in total. The molecule has 1 atom stereocenters. The smallest absolute Gasteiger partial charge is 0.166 e. The Morgan fingerprint density at radius 3 is 2.93 bits per heavy atom. The van der Waals surface area contributed by atoms with Crippen molar-refractivity contribution in [3.63, 3.8) is 0 Å². The molecule has 1 fully saturated rings. The molecule has 0 radical (unpaired) electrons. The summed E-state index contributed by atoms with van der Waals surface area (Å²) < 4.78 is 6.32. The van der Waals surface area contributed by atoms with Gasteiger partial charge in [0.05, 0.1) is 6.10 Å². The van der Waals surface area contributed by atoms with Gasteiger partial charge in [-0.2, -0.15) is 0 Å². The van der Waals surface area contributed by atoms with Gasteiger partial charge in [-0.25, -0.2) is 0 Å². The Morgan fingerprint density at radius 2 is 2.27 bits per heavy atom. The fourth-order valence-corrected chi connectivity index (χ4v) is 2.32. The highest BCUT2D eigenvalue weighted by Gasteiger charge is 2.20. The predicted octanol–water partition coefficient (Wildman–Crippen LogP) is 3.20. The van der Waals surface area contributed by atoms with Crippen LogP contribution in [0.5, 0.6) is 0 Å².